The molecule has 0 heterocycles. The number of fused-ring (bicyclic) bond motifs is 3. The Hall–Kier alpha value is -3.55. The molecule has 0 bridgehead atoms. The second kappa shape index (κ2) is 11.2. The average Bonchev–Trinajstić information content (AvgIpc) is 3.07. The molecule has 3 rings (SSSR count). The molecule has 0 aromatic heterocycles. The quantitative estimate of drug-likeness (QED) is 0.513. The maximum atomic E-state index is 11.9. The van der Waals surface area contributed by atoms with Crippen LogP contribution in [0.1, 0.15) is 44.4 Å². The summed E-state index contributed by atoms with van der Waals surface area (Å²) in [6.45, 7) is 7.20. The number of carboxylic acids is 1. The fourth-order valence-corrected chi connectivity index (χ4v) is 3.20. The number of amides is 2. The van der Waals surface area contributed by atoms with Crippen molar-refractivity contribution in [3.05, 3.63) is 59.2 Å². The van der Waals surface area contributed by atoms with Gasteiger partial charge in [-0.3, -0.25) is 4.79 Å². The number of alkyl carbamates (subject to hydrolysis) is 2. The van der Waals surface area contributed by atoms with Crippen molar-refractivity contribution < 1.29 is 29.0 Å². The number of aliphatic carboxylic acids is 1. The normalized spacial score (nSPS) is 11.2. The Kier molecular flexibility index (Phi) is 8.63. The molecule has 172 valence electrons. The van der Waals surface area contributed by atoms with Crippen molar-refractivity contribution in [1.82, 2.24) is 10.6 Å². The van der Waals surface area contributed by atoms with E-state index in [9.17, 15) is 9.59 Å². The number of nitrogens with one attached hydrogen (secondary N) is 2. The van der Waals surface area contributed by atoms with E-state index in [0.29, 0.717) is 0 Å². The molecule has 0 fully saturated rings. The molecule has 32 heavy (non-hydrogen) atoms. The summed E-state index contributed by atoms with van der Waals surface area (Å²) in [5, 5.41) is 12.6. The predicted molar refractivity (Wildman–Crippen MR) is 120 cm³/mol. The van der Waals surface area contributed by atoms with Gasteiger partial charge in [-0.15, -0.1) is 0 Å². The van der Waals surface area contributed by atoms with Crippen molar-refractivity contribution in [2.24, 2.45) is 0 Å². The average molecular weight is 443 g/mol. The molecule has 0 radical (unpaired) electrons. The molecule has 0 aliphatic heterocycles. The fraction of sp³-hybridized carbons (Fsp3) is 0.375. The van der Waals surface area contributed by atoms with Crippen molar-refractivity contribution >= 4 is 18.2 Å². The summed E-state index contributed by atoms with van der Waals surface area (Å²) in [5.74, 6) is -0.833. The van der Waals surface area contributed by atoms with Crippen LogP contribution in [0.15, 0.2) is 42.5 Å². The Labute approximate surface area is 187 Å². The van der Waals surface area contributed by atoms with Gasteiger partial charge in [-0.2, -0.15) is 0 Å². The van der Waals surface area contributed by atoms with E-state index in [1.165, 1.54) is 22.3 Å². The molecule has 0 saturated carbocycles. The molecule has 2 aromatic rings. The number of rotatable bonds is 5. The van der Waals surface area contributed by atoms with Crippen LogP contribution in [0.2, 0.25) is 0 Å². The van der Waals surface area contributed by atoms with Gasteiger partial charge in [-0.1, -0.05) is 42.5 Å². The van der Waals surface area contributed by atoms with Crippen molar-refractivity contribution in [1.29, 1.82) is 0 Å². The maximum Gasteiger partial charge on any atom is 0.407 e. The SMILES string of the molecule is CC(=O)O.CC(C)(C)OC(=O)NCCNC(=O)OCc1cccc2c1Cc1ccccc1-2. The third-order valence-electron chi connectivity index (χ3n) is 4.37. The third kappa shape index (κ3) is 7.94. The van der Waals surface area contributed by atoms with Crippen molar-refractivity contribution in [2.75, 3.05) is 13.1 Å². The van der Waals surface area contributed by atoms with Gasteiger partial charge >= 0.3 is 12.2 Å². The highest BCUT2D eigenvalue weighted by molar-refractivity contribution is 5.78. The Morgan fingerprint density at radius 1 is 0.938 bits per heavy atom. The highest BCUT2D eigenvalue weighted by Gasteiger charge is 2.21. The molecule has 8 heteroatoms. The van der Waals surface area contributed by atoms with Crippen LogP contribution < -0.4 is 10.6 Å². The van der Waals surface area contributed by atoms with Crippen LogP contribution >= 0.6 is 0 Å². The van der Waals surface area contributed by atoms with Gasteiger partial charge < -0.3 is 25.2 Å². The van der Waals surface area contributed by atoms with Crippen LogP contribution in [-0.2, 0) is 27.3 Å². The summed E-state index contributed by atoms with van der Waals surface area (Å²) in [6.07, 6.45) is -0.173. The molecule has 0 unspecified atom stereocenters. The van der Waals surface area contributed by atoms with Crippen LogP contribution in [0.5, 0.6) is 0 Å². The standard InChI is InChI=1S/C22H26N2O4.C2H4O2/c1-22(2,3)28-21(26)24-12-11-23-20(25)27-14-16-8-6-10-18-17-9-5-4-7-15(17)13-19(16)18;1-2(3)4/h4-10H,11-14H2,1-3H3,(H,23,25)(H,24,26);1H3,(H,3,4). The Bertz CT molecular complexity index is 961. The van der Waals surface area contributed by atoms with E-state index in [2.05, 4.69) is 28.8 Å². The van der Waals surface area contributed by atoms with Gasteiger partial charge in [0.05, 0.1) is 0 Å². The fourth-order valence-electron chi connectivity index (χ4n) is 3.20. The summed E-state index contributed by atoms with van der Waals surface area (Å²) in [4.78, 5) is 32.5. The highest BCUT2D eigenvalue weighted by Crippen LogP contribution is 2.38. The zero-order valence-corrected chi connectivity index (χ0v) is 18.9. The lowest BCUT2D eigenvalue weighted by Gasteiger charge is -2.19. The van der Waals surface area contributed by atoms with Crippen LogP contribution in [0.4, 0.5) is 9.59 Å². The summed E-state index contributed by atoms with van der Waals surface area (Å²) in [5.41, 5.74) is 5.42. The van der Waals surface area contributed by atoms with Gasteiger partial charge in [0.1, 0.15) is 12.2 Å². The minimum atomic E-state index is -0.833. The highest BCUT2D eigenvalue weighted by atomic mass is 16.6. The van der Waals surface area contributed by atoms with Gasteiger partial charge in [0.2, 0.25) is 0 Å². The number of benzene rings is 2. The molecule has 0 spiro atoms. The summed E-state index contributed by atoms with van der Waals surface area (Å²) in [6, 6.07) is 14.4. The Balaban J connectivity index is 0.000000837. The summed E-state index contributed by atoms with van der Waals surface area (Å²) < 4.78 is 10.5. The minimum Gasteiger partial charge on any atom is -0.481 e. The van der Waals surface area contributed by atoms with Crippen LogP contribution in [0, 0.1) is 0 Å². The number of hydrogen-bond donors (Lipinski definition) is 3. The maximum absolute atomic E-state index is 11.9. The van der Waals surface area contributed by atoms with Gasteiger partial charge in [-0.25, -0.2) is 9.59 Å². The number of carbonyl (C=O) groups excluding carboxylic acids is 2. The van der Waals surface area contributed by atoms with E-state index in [1.807, 2.05) is 24.3 Å². The Morgan fingerprint density at radius 2 is 1.53 bits per heavy atom. The molecule has 3 N–H and O–H groups in total. The van der Waals surface area contributed by atoms with Crippen LogP contribution in [0.3, 0.4) is 0 Å². The van der Waals surface area contributed by atoms with E-state index in [4.69, 9.17) is 19.4 Å². The monoisotopic (exact) mass is 442 g/mol. The van der Waals surface area contributed by atoms with Gasteiger partial charge in [0.25, 0.3) is 5.97 Å². The second-order valence-corrected chi connectivity index (χ2v) is 8.23. The van der Waals surface area contributed by atoms with Crippen molar-refractivity contribution in [3.8, 4) is 11.1 Å². The lowest BCUT2D eigenvalue weighted by Crippen LogP contribution is -2.38. The van der Waals surface area contributed by atoms with E-state index in [1.54, 1.807) is 20.8 Å². The lowest BCUT2D eigenvalue weighted by atomic mass is 10.0. The topological polar surface area (TPSA) is 114 Å². The molecule has 0 atom stereocenters. The molecule has 8 nitrogen and oxygen atoms in total. The van der Waals surface area contributed by atoms with Crippen molar-refractivity contribution in [3.63, 3.8) is 0 Å². The van der Waals surface area contributed by atoms with E-state index in [0.717, 1.165) is 18.9 Å². The van der Waals surface area contributed by atoms with Crippen LogP contribution in [0.25, 0.3) is 11.1 Å². The second-order valence-electron chi connectivity index (χ2n) is 8.23. The molecule has 2 aromatic carbocycles. The number of ether oxygens (including phenoxy) is 2. The Morgan fingerprint density at radius 3 is 2.19 bits per heavy atom. The number of carboxylic acid groups (broad SMARTS) is 1. The first-order chi connectivity index (χ1) is 15.1. The molecular formula is C24H30N2O6. The first-order valence-electron chi connectivity index (χ1n) is 10.3. The first kappa shape index (κ1) is 24.7. The van der Waals surface area contributed by atoms with E-state index < -0.39 is 23.8 Å². The summed E-state index contributed by atoms with van der Waals surface area (Å²) in [7, 11) is 0. The molecule has 0 saturated heterocycles. The van der Waals surface area contributed by atoms with Gasteiger partial charge in [0, 0.05) is 20.0 Å². The van der Waals surface area contributed by atoms with E-state index >= 15 is 0 Å². The first-order valence-corrected chi connectivity index (χ1v) is 10.3. The number of carbonyl (C=O) groups is 3. The van der Waals surface area contributed by atoms with Crippen LogP contribution in [-0.4, -0.2) is 42.0 Å². The largest absolute Gasteiger partial charge is 0.481 e. The zero-order chi connectivity index (χ0) is 23.7. The minimum absolute atomic E-state index is 0.211. The molecule has 2 amide bonds. The molecule has 1 aliphatic rings. The number of hydrogen-bond acceptors (Lipinski definition) is 5. The van der Waals surface area contributed by atoms with Gasteiger partial charge in [0.15, 0.2) is 0 Å². The third-order valence-corrected chi connectivity index (χ3v) is 4.37. The molecular weight excluding hydrogens is 412 g/mol. The zero-order valence-electron chi connectivity index (χ0n) is 18.9. The van der Waals surface area contributed by atoms with Gasteiger partial charge in [-0.05, 0) is 55.0 Å². The lowest BCUT2D eigenvalue weighted by molar-refractivity contribution is -0.134. The van der Waals surface area contributed by atoms with Crippen molar-refractivity contribution in [2.45, 2.75) is 46.3 Å². The summed E-state index contributed by atoms with van der Waals surface area (Å²) >= 11 is 0. The smallest absolute Gasteiger partial charge is 0.407 e. The molecule has 1 aliphatic carbocycles. The van der Waals surface area contributed by atoms with E-state index in [-0.39, 0.29) is 19.7 Å². The predicted octanol–water partition coefficient (Wildman–Crippen LogP) is 4.10.